The summed E-state index contributed by atoms with van der Waals surface area (Å²) < 4.78 is 38.0. The maximum atomic E-state index is 12.6. The van der Waals surface area contributed by atoms with Gasteiger partial charge in [-0.2, -0.15) is 10.2 Å². The number of carbonyl (C=O) groups excluding carboxylic acids is 4. The fourth-order valence-corrected chi connectivity index (χ4v) is 5.00. The van der Waals surface area contributed by atoms with Gasteiger partial charge in [0.2, 0.25) is 0 Å². The molecule has 0 aromatic heterocycles. The summed E-state index contributed by atoms with van der Waals surface area (Å²) in [7, 11) is 0. The van der Waals surface area contributed by atoms with E-state index in [4.69, 9.17) is 33.2 Å². The lowest BCUT2D eigenvalue weighted by molar-refractivity contribution is -0.138. The van der Waals surface area contributed by atoms with Gasteiger partial charge in [-0.15, -0.1) is 0 Å². The minimum Gasteiger partial charge on any atom is -0.494 e. The van der Waals surface area contributed by atoms with Gasteiger partial charge in [0.25, 0.3) is 0 Å². The third-order valence-electron chi connectivity index (χ3n) is 8.08. The number of carbonyl (C=O) groups is 4. The number of unbranched alkanes of at least 4 members (excludes halogenated alkanes) is 2. The zero-order valence-electron chi connectivity index (χ0n) is 33.9. The van der Waals surface area contributed by atoms with Crippen LogP contribution in [-0.2, 0) is 28.7 Å². The van der Waals surface area contributed by atoms with Crippen LogP contribution in [0, 0.1) is 0 Å². The van der Waals surface area contributed by atoms with Gasteiger partial charge in [-0.1, -0.05) is 37.4 Å². The number of nitrogens with zero attached hydrogens (tertiary/aromatic N) is 2. The normalized spacial score (nSPS) is 11.1. The van der Waals surface area contributed by atoms with E-state index in [1.54, 1.807) is 73.0 Å². The maximum absolute atomic E-state index is 12.6. The second-order valence-electron chi connectivity index (χ2n) is 12.7. The highest BCUT2D eigenvalue weighted by Gasteiger charge is 2.10. The zero-order valence-corrected chi connectivity index (χ0v) is 33.9. The number of hydrogen-bond donors (Lipinski definition) is 0. The van der Waals surface area contributed by atoms with Gasteiger partial charge in [0.05, 0.1) is 45.5 Å². The molecule has 4 aromatic rings. The number of hydrogen-bond acceptors (Lipinski definition) is 13. The molecule has 0 aliphatic heterocycles. The lowest BCUT2D eigenvalue weighted by atomic mass is 10.2. The van der Waals surface area contributed by atoms with Crippen LogP contribution in [-0.4, -0.2) is 69.3 Å². The van der Waals surface area contributed by atoms with E-state index < -0.39 is 23.9 Å². The minimum atomic E-state index is -0.578. The summed E-state index contributed by atoms with van der Waals surface area (Å²) >= 11 is 0. The van der Waals surface area contributed by atoms with Crippen molar-refractivity contribution in [1.29, 1.82) is 0 Å². The minimum absolute atomic E-state index is 0.256. The van der Waals surface area contributed by atoms with E-state index in [2.05, 4.69) is 23.4 Å². The Kier molecular flexibility index (Phi) is 20.0. The van der Waals surface area contributed by atoms with Gasteiger partial charge >= 0.3 is 23.9 Å². The largest absolute Gasteiger partial charge is 0.494 e. The van der Waals surface area contributed by atoms with Crippen LogP contribution in [0.2, 0.25) is 0 Å². The van der Waals surface area contributed by atoms with Crippen LogP contribution >= 0.6 is 0 Å². The molecule has 0 unspecified atom stereocenters. The van der Waals surface area contributed by atoms with Crippen LogP contribution in [0.25, 0.3) is 12.2 Å². The molecule has 0 fully saturated rings. The first kappa shape index (κ1) is 46.2. The molecule has 0 saturated carbocycles. The smallest absolute Gasteiger partial charge is 0.336 e. The first-order valence-corrected chi connectivity index (χ1v) is 19.5. The third kappa shape index (κ3) is 18.3. The molecule has 0 bridgehead atoms. The summed E-state index contributed by atoms with van der Waals surface area (Å²) in [6.45, 7) is 10.5. The fourth-order valence-electron chi connectivity index (χ4n) is 5.00. The molecule has 61 heavy (non-hydrogen) atoms. The molecular weight excluding hydrogens is 781 g/mol. The Labute approximate surface area is 355 Å². The molecule has 0 radical (unpaired) electrons. The fraction of sp³-hybridized carbons (Fsp3) is 0.208. The van der Waals surface area contributed by atoms with Crippen LogP contribution in [0.4, 0.5) is 0 Å². The number of benzene rings is 4. The van der Waals surface area contributed by atoms with Gasteiger partial charge in [0.15, 0.2) is 11.5 Å². The molecule has 0 atom stereocenters. The highest BCUT2D eigenvalue weighted by molar-refractivity contribution is 5.90. The molecule has 0 aliphatic rings. The molecule has 0 spiro atoms. The Morgan fingerprint density at radius 3 is 1.44 bits per heavy atom. The SMILES string of the molecule is C=CC(=O)OCCCCOc1ccc(/C=C/C(=O)Oc2ccc(/C=N/N=C/c3ccc(OC(=O)/C=C/c4ccc(OCCCCOC(=O)C=C)cc4)c(OCC)c3)cc2)cc1. The summed E-state index contributed by atoms with van der Waals surface area (Å²) in [6.07, 6.45) is 14.1. The van der Waals surface area contributed by atoms with E-state index in [0.717, 1.165) is 41.7 Å². The molecule has 0 saturated heterocycles. The Bertz CT molecular complexity index is 2170. The van der Waals surface area contributed by atoms with Gasteiger partial charge in [-0.05, 0) is 134 Å². The average molecular weight is 829 g/mol. The highest BCUT2D eigenvalue weighted by atomic mass is 16.6. The van der Waals surface area contributed by atoms with E-state index in [9.17, 15) is 19.2 Å². The van der Waals surface area contributed by atoms with Gasteiger partial charge in [0, 0.05) is 24.3 Å². The van der Waals surface area contributed by atoms with Crippen LogP contribution in [0.5, 0.6) is 28.7 Å². The zero-order chi connectivity index (χ0) is 43.5. The molecular formula is C48H48N2O11. The van der Waals surface area contributed by atoms with Crippen molar-refractivity contribution in [3.8, 4) is 28.7 Å². The summed E-state index contributed by atoms with van der Waals surface area (Å²) in [5.41, 5.74) is 2.99. The molecule has 4 aromatic carbocycles. The molecule has 13 heteroatoms. The predicted octanol–water partition coefficient (Wildman–Crippen LogP) is 8.55. The molecule has 13 nitrogen and oxygen atoms in total. The average Bonchev–Trinajstić information content (AvgIpc) is 3.28. The van der Waals surface area contributed by atoms with E-state index in [0.29, 0.717) is 74.4 Å². The van der Waals surface area contributed by atoms with E-state index in [1.807, 2.05) is 43.3 Å². The second-order valence-corrected chi connectivity index (χ2v) is 12.7. The van der Waals surface area contributed by atoms with Crippen molar-refractivity contribution < 1.29 is 52.3 Å². The van der Waals surface area contributed by atoms with Gasteiger partial charge in [-0.3, -0.25) is 0 Å². The first-order valence-electron chi connectivity index (χ1n) is 19.5. The van der Waals surface area contributed by atoms with Crippen LogP contribution < -0.4 is 23.7 Å². The quantitative estimate of drug-likeness (QED) is 0.0157. The highest BCUT2D eigenvalue weighted by Crippen LogP contribution is 2.28. The maximum Gasteiger partial charge on any atom is 0.336 e. The third-order valence-corrected chi connectivity index (χ3v) is 8.08. The standard InChI is InChI=1S/C48H48N2O11/c1-4-45(51)58-31-9-7-29-56-40-20-11-36(12-21-40)18-27-47(53)60-42-24-15-38(16-25-42)34-49-50-35-39-17-26-43(44(33-39)55-6-3)61-48(54)28-19-37-13-22-41(23-14-37)57-30-8-10-32-59-46(52)5-2/h4-5,11-28,33-35H,1-2,6-10,29-32H2,3H3/b27-18+,28-19+,49-34+,50-35+. The molecule has 4 rings (SSSR count). The van der Waals surface area contributed by atoms with Crippen LogP contribution in [0.15, 0.2) is 139 Å². The summed E-state index contributed by atoms with van der Waals surface area (Å²) in [6, 6.07) is 26.3. The van der Waals surface area contributed by atoms with Crippen molar-refractivity contribution in [2.24, 2.45) is 10.2 Å². The second kappa shape index (κ2) is 26.5. The summed E-state index contributed by atoms with van der Waals surface area (Å²) in [4.78, 5) is 47.2. The monoisotopic (exact) mass is 828 g/mol. The Hall–Kier alpha value is -7.54. The molecule has 0 N–H and O–H groups in total. The molecule has 316 valence electrons. The van der Waals surface area contributed by atoms with Crippen LogP contribution in [0.3, 0.4) is 0 Å². The lowest BCUT2D eigenvalue weighted by Gasteiger charge is -2.10. The van der Waals surface area contributed by atoms with Crippen molar-refractivity contribution in [2.75, 3.05) is 33.0 Å². The molecule has 0 amide bonds. The van der Waals surface area contributed by atoms with E-state index in [1.165, 1.54) is 18.4 Å². The Morgan fingerprint density at radius 2 is 0.934 bits per heavy atom. The van der Waals surface area contributed by atoms with Gasteiger partial charge in [0.1, 0.15) is 17.2 Å². The van der Waals surface area contributed by atoms with Gasteiger partial charge in [-0.25, -0.2) is 19.2 Å². The number of rotatable bonds is 25. The topological polar surface area (TPSA) is 158 Å². The van der Waals surface area contributed by atoms with Crippen molar-refractivity contribution in [3.05, 3.63) is 151 Å². The first-order chi connectivity index (χ1) is 29.7. The van der Waals surface area contributed by atoms with Crippen molar-refractivity contribution in [2.45, 2.75) is 32.6 Å². The Balaban J connectivity index is 1.18. The number of ether oxygens (including phenoxy) is 7. The number of esters is 4. The Morgan fingerprint density at radius 1 is 0.492 bits per heavy atom. The van der Waals surface area contributed by atoms with Crippen molar-refractivity contribution in [3.63, 3.8) is 0 Å². The lowest BCUT2D eigenvalue weighted by Crippen LogP contribution is -2.06. The van der Waals surface area contributed by atoms with Crippen molar-refractivity contribution >= 4 is 48.5 Å². The predicted molar refractivity (Wildman–Crippen MR) is 233 cm³/mol. The molecule has 0 aliphatic carbocycles. The summed E-state index contributed by atoms with van der Waals surface area (Å²) in [5.74, 6) is 0.384. The van der Waals surface area contributed by atoms with Crippen molar-refractivity contribution in [1.82, 2.24) is 0 Å². The van der Waals surface area contributed by atoms with E-state index >= 15 is 0 Å². The van der Waals surface area contributed by atoms with E-state index in [-0.39, 0.29) is 5.75 Å². The van der Waals surface area contributed by atoms with Crippen LogP contribution in [0.1, 0.15) is 54.9 Å². The van der Waals surface area contributed by atoms with Gasteiger partial charge < -0.3 is 33.2 Å². The molecule has 0 heterocycles. The summed E-state index contributed by atoms with van der Waals surface area (Å²) in [5, 5.41) is 8.23.